The third-order valence-corrected chi connectivity index (χ3v) is 4.36. The normalized spacial score (nSPS) is 12.0. The van der Waals surface area contributed by atoms with Crippen molar-refractivity contribution < 1.29 is 19.1 Å². The standard InChI is InChI=1S/C22H18N2O4/c1-27-16-6-4-5-14(11-16)12-21(25)23-15-9-10-19-17(13-15)22(26)24-18-7-2-3-8-20(18)28-19/h2-11,13H,12H2,1H3,(H,23,25)(H,24,26). The molecule has 0 unspecified atom stereocenters. The summed E-state index contributed by atoms with van der Waals surface area (Å²) in [6.45, 7) is 0. The van der Waals surface area contributed by atoms with E-state index in [1.807, 2.05) is 36.4 Å². The van der Waals surface area contributed by atoms with E-state index in [0.717, 1.165) is 5.56 Å². The van der Waals surface area contributed by atoms with Crippen molar-refractivity contribution >= 4 is 23.2 Å². The average molecular weight is 374 g/mol. The highest BCUT2D eigenvalue weighted by atomic mass is 16.5. The fraction of sp³-hybridized carbons (Fsp3) is 0.0909. The minimum absolute atomic E-state index is 0.188. The van der Waals surface area contributed by atoms with Crippen molar-refractivity contribution in [1.82, 2.24) is 0 Å². The fourth-order valence-electron chi connectivity index (χ4n) is 3.01. The molecule has 0 spiro atoms. The quantitative estimate of drug-likeness (QED) is 0.716. The van der Waals surface area contributed by atoms with Crippen LogP contribution in [0.3, 0.4) is 0 Å². The number of hydrogen-bond donors (Lipinski definition) is 2. The maximum absolute atomic E-state index is 12.6. The minimum Gasteiger partial charge on any atom is -0.497 e. The number of nitrogens with one attached hydrogen (secondary N) is 2. The Hall–Kier alpha value is -3.80. The molecule has 1 aliphatic heterocycles. The molecule has 0 aliphatic carbocycles. The summed E-state index contributed by atoms with van der Waals surface area (Å²) in [6, 6.07) is 19.6. The SMILES string of the molecule is COc1cccc(CC(=O)Nc2ccc3c(c2)C(=O)Nc2ccccc2O3)c1. The number of anilines is 2. The van der Waals surface area contributed by atoms with Crippen LogP contribution in [0.2, 0.25) is 0 Å². The van der Waals surface area contributed by atoms with Gasteiger partial charge in [-0.2, -0.15) is 0 Å². The summed E-state index contributed by atoms with van der Waals surface area (Å²) in [5, 5.41) is 5.65. The molecule has 1 aliphatic rings. The Balaban J connectivity index is 1.52. The molecule has 1 heterocycles. The number of ether oxygens (including phenoxy) is 2. The van der Waals surface area contributed by atoms with Crippen LogP contribution in [0.15, 0.2) is 66.7 Å². The molecule has 6 heteroatoms. The molecule has 0 atom stereocenters. The molecule has 0 aromatic heterocycles. The first-order valence-corrected chi connectivity index (χ1v) is 8.77. The first-order chi connectivity index (χ1) is 13.6. The van der Waals surface area contributed by atoms with Gasteiger partial charge in [0.25, 0.3) is 5.91 Å². The van der Waals surface area contributed by atoms with Gasteiger partial charge in [0.15, 0.2) is 5.75 Å². The van der Waals surface area contributed by atoms with Crippen molar-refractivity contribution in [2.75, 3.05) is 17.7 Å². The molecule has 0 bridgehead atoms. The fourth-order valence-corrected chi connectivity index (χ4v) is 3.01. The molecular weight excluding hydrogens is 356 g/mol. The maximum atomic E-state index is 12.6. The first kappa shape index (κ1) is 17.6. The van der Waals surface area contributed by atoms with Crippen molar-refractivity contribution in [3.8, 4) is 17.2 Å². The van der Waals surface area contributed by atoms with E-state index in [0.29, 0.717) is 34.2 Å². The van der Waals surface area contributed by atoms with E-state index in [9.17, 15) is 9.59 Å². The lowest BCUT2D eigenvalue weighted by atomic mass is 10.1. The number of methoxy groups -OCH3 is 1. The number of amides is 2. The zero-order valence-corrected chi connectivity index (χ0v) is 15.2. The third kappa shape index (κ3) is 3.66. The molecule has 0 fully saturated rings. The molecule has 3 aromatic carbocycles. The number of benzene rings is 3. The Labute approximate surface area is 162 Å². The Kier molecular flexibility index (Phi) is 4.68. The summed E-state index contributed by atoms with van der Waals surface area (Å²) >= 11 is 0. The Morgan fingerprint density at radius 1 is 1.04 bits per heavy atom. The van der Waals surface area contributed by atoms with Gasteiger partial charge in [-0.15, -0.1) is 0 Å². The Morgan fingerprint density at radius 3 is 2.75 bits per heavy atom. The van der Waals surface area contributed by atoms with E-state index in [1.165, 1.54) is 0 Å². The number of carbonyl (C=O) groups excluding carboxylic acids is 2. The van der Waals surface area contributed by atoms with Crippen molar-refractivity contribution in [3.63, 3.8) is 0 Å². The molecule has 140 valence electrons. The average Bonchev–Trinajstić information content (AvgIpc) is 2.84. The summed E-state index contributed by atoms with van der Waals surface area (Å²) < 4.78 is 11.0. The molecular formula is C22H18N2O4. The number of para-hydroxylation sites is 2. The second-order valence-electron chi connectivity index (χ2n) is 6.34. The molecule has 6 nitrogen and oxygen atoms in total. The minimum atomic E-state index is -0.288. The summed E-state index contributed by atoms with van der Waals surface area (Å²) in [4.78, 5) is 24.9. The molecule has 0 saturated heterocycles. The molecule has 0 radical (unpaired) electrons. The largest absolute Gasteiger partial charge is 0.497 e. The number of hydrogen-bond acceptors (Lipinski definition) is 4. The molecule has 3 aromatic rings. The van der Waals surface area contributed by atoms with Crippen LogP contribution in [0.4, 0.5) is 11.4 Å². The van der Waals surface area contributed by atoms with Gasteiger partial charge in [-0.1, -0.05) is 24.3 Å². The number of fused-ring (bicyclic) bond motifs is 2. The summed E-state index contributed by atoms with van der Waals surface area (Å²) in [7, 11) is 1.58. The van der Waals surface area contributed by atoms with Gasteiger partial charge in [-0.3, -0.25) is 9.59 Å². The van der Waals surface area contributed by atoms with Gasteiger partial charge < -0.3 is 20.1 Å². The van der Waals surface area contributed by atoms with Crippen molar-refractivity contribution in [3.05, 3.63) is 77.9 Å². The van der Waals surface area contributed by atoms with Gasteiger partial charge >= 0.3 is 0 Å². The lowest BCUT2D eigenvalue weighted by molar-refractivity contribution is -0.115. The first-order valence-electron chi connectivity index (χ1n) is 8.77. The van der Waals surface area contributed by atoms with E-state index >= 15 is 0 Å². The third-order valence-electron chi connectivity index (χ3n) is 4.36. The molecule has 2 N–H and O–H groups in total. The molecule has 4 rings (SSSR count). The highest BCUT2D eigenvalue weighted by molar-refractivity contribution is 6.09. The van der Waals surface area contributed by atoms with Gasteiger partial charge in [0.2, 0.25) is 5.91 Å². The van der Waals surface area contributed by atoms with Crippen LogP contribution in [-0.4, -0.2) is 18.9 Å². The van der Waals surface area contributed by atoms with E-state index in [4.69, 9.17) is 9.47 Å². The topological polar surface area (TPSA) is 76.7 Å². The van der Waals surface area contributed by atoms with E-state index in [1.54, 1.807) is 37.4 Å². The van der Waals surface area contributed by atoms with Gasteiger partial charge in [-0.25, -0.2) is 0 Å². The Bertz CT molecular complexity index is 1060. The van der Waals surface area contributed by atoms with Crippen LogP contribution in [0.5, 0.6) is 17.2 Å². The number of rotatable bonds is 4. The van der Waals surface area contributed by atoms with Crippen molar-refractivity contribution in [2.45, 2.75) is 6.42 Å². The van der Waals surface area contributed by atoms with E-state index in [-0.39, 0.29) is 18.2 Å². The molecule has 0 saturated carbocycles. The molecule has 28 heavy (non-hydrogen) atoms. The smallest absolute Gasteiger partial charge is 0.259 e. The predicted molar refractivity (Wildman–Crippen MR) is 106 cm³/mol. The van der Waals surface area contributed by atoms with E-state index in [2.05, 4.69) is 10.6 Å². The predicted octanol–water partition coefficient (Wildman–Crippen LogP) is 4.23. The maximum Gasteiger partial charge on any atom is 0.259 e. The summed E-state index contributed by atoms with van der Waals surface area (Å²) in [5.74, 6) is 1.23. The number of carbonyl (C=O) groups is 2. The van der Waals surface area contributed by atoms with Crippen molar-refractivity contribution in [1.29, 1.82) is 0 Å². The van der Waals surface area contributed by atoms with Gasteiger partial charge in [0.1, 0.15) is 11.5 Å². The lowest BCUT2D eigenvalue weighted by Crippen LogP contribution is -2.16. The zero-order chi connectivity index (χ0) is 19.5. The van der Waals surface area contributed by atoms with Crippen LogP contribution in [0.1, 0.15) is 15.9 Å². The van der Waals surface area contributed by atoms with Gasteiger partial charge in [-0.05, 0) is 48.0 Å². The highest BCUT2D eigenvalue weighted by Gasteiger charge is 2.21. The van der Waals surface area contributed by atoms with Crippen LogP contribution >= 0.6 is 0 Å². The van der Waals surface area contributed by atoms with Crippen LogP contribution < -0.4 is 20.1 Å². The van der Waals surface area contributed by atoms with Crippen LogP contribution in [0.25, 0.3) is 0 Å². The van der Waals surface area contributed by atoms with Crippen LogP contribution in [-0.2, 0) is 11.2 Å². The van der Waals surface area contributed by atoms with Gasteiger partial charge in [0, 0.05) is 5.69 Å². The summed E-state index contributed by atoms with van der Waals surface area (Å²) in [6.07, 6.45) is 0.197. The summed E-state index contributed by atoms with van der Waals surface area (Å²) in [5.41, 5.74) is 2.32. The lowest BCUT2D eigenvalue weighted by Gasteiger charge is -2.10. The van der Waals surface area contributed by atoms with Crippen LogP contribution in [0, 0.1) is 0 Å². The van der Waals surface area contributed by atoms with E-state index < -0.39 is 0 Å². The monoisotopic (exact) mass is 374 g/mol. The second-order valence-corrected chi connectivity index (χ2v) is 6.34. The molecule has 2 amide bonds. The zero-order valence-electron chi connectivity index (χ0n) is 15.2. The highest BCUT2D eigenvalue weighted by Crippen LogP contribution is 2.36. The van der Waals surface area contributed by atoms with Crippen molar-refractivity contribution in [2.24, 2.45) is 0 Å². The second kappa shape index (κ2) is 7.44. The van der Waals surface area contributed by atoms with Gasteiger partial charge in [0.05, 0.1) is 24.8 Å². The Morgan fingerprint density at radius 2 is 1.89 bits per heavy atom.